The van der Waals surface area contributed by atoms with Gasteiger partial charge in [-0.05, 0) is 30.7 Å². The molecule has 0 heterocycles. The van der Waals surface area contributed by atoms with Gasteiger partial charge in [-0.3, -0.25) is 4.79 Å². The summed E-state index contributed by atoms with van der Waals surface area (Å²) in [5, 5.41) is 12.7. The molecule has 0 radical (unpaired) electrons. The molecule has 0 aliphatic carbocycles. The molecule has 1 unspecified atom stereocenters. The maximum Gasteiger partial charge on any atom is 0.251 e. The standard InChI is InChI=1S/C18H21NO3/c1-2-22-17-10-6-9-15(12-17)18(21)19-13-16(20)11-14-7-4-3-5-8-14/h3-10,12,16,20H,2,11,13H2,1H3,(H,19,21). The maximum absolute atomic E-state index is 12.1. The predicted octanol–water partition coefficient (Wildman–Crippen LogP) is 2.42. The first kappa shape index (κ1) is 16.0. The molecule has 0 aliphatic rings. The van der Waals surface area contributed by atoms with Crippen LogP contribution in [0.3, 0.4) is 0 Å². The Hall–Kier alpha value is -2.33. The fourth-order valence-corrected chi connectivity index (χ4v) is 2.16. The molecule has 2 aromatic rings. The van der Waals surface area contributed by atoms with Crippen molar-refractivity contribution in [2.75, 3.05) is 13.2 Å². The van der Waals surface area contributed by atoms with Gasteiger partial charge in [0.05, 0.1) is 12.7 Å². The molecule has 0 fully saturated rings. The first-order chi connectivity index (χ1) is 10.7. The van der Waals surface area contributed by atoms with Crippen molar-refractivity contribution in [2.45, 2.75) is 19.4 Å². The average molecular weight is 299 g/mol. The monoisotopic (exact) mass is 299 g/mol. The Morgan fingerprint density at radius 3 is 2.68 bits per heavy atom. The summed E-state index contributed by atoms with van der Waals surface area (Å²) in [6.07, 6.45) is -0.0958. The van der Waals surface area contributed by atoms with Gasteiger partial charge in [-0.1, -0.05) is 36.4 Å². The van der Waals surface area contributed by atoms with E-state index in [1.165, 1.54) is 0 Å². The van der Waals surface area contributed by atoms with E-state index >= 15 is 0 Å². The van der Waals surface area contributed by atoms with Gasteiger partial charge in [-0.15, -0.1) is 0 Å². The molecular formula is C18H21NO3. The summed E-state index contributed by atoms with van der Waals surface area (Å²) in [6, 6.07) is 16.7. The van der Waals surface area contributed by atoms with Gasteiger partial charge in [0.15, 0.2) is 0 Å². The highest BCUT2D eigenvalue weighted by Crippen LogP contribution is 2.13. The molecule has 0 saturated heterocycles. The molecule has 2 rings (SSSR count). The van der Waals surface area contributed by atoms with E-state index in [-0.39, 0.29) is 12.5 Å². The van der Waals surface area contributed by atoms with Crippen molar-refractivity contribution in [2.24, 2.45) is 0 Å². The van der Waals surface area contributed by atoms with Gasteiger partial charge in [0.25, 0.3) is 5.91 Å². The Balaban J connectivity index is 1.85. The third-order valence-electron chi connectivity index (χ3n) is 3.22. The van der Waals surface area contributed by atoms with Crippen molar-refractivity contribution in [3.8, 4) is 5.75 Å². The Bertz CT molecular complexity index is 598. The van der Waals surface area contributed by atoms with E-state index in [1.807, 2.05) is 43.3 Å². The summed E-state index contributed by atoms with van der Waals surface area (Å²) >= 11 is 0. The number of amides is 1. The molecule has 22 heavy (non-hydrogen) atoms. The summed E-state index contributed by atoms with van der Waals surface area (Å²) in [5.41, 5.74) is 1.57. The number of hydrogen-bond acceptors (Lipinski definition) is 3. The van der Waals surface area contributed by atoms with E-state index in [4.69, 9.17) is 4.74 Å². The van der Waals surface area contributed by atoms with Crippen LogP contribution in [0.25, 0.3) is 0 Å². The molecule has 4 nitrogen and oxygen atoms in total. The van der Waals surface area contributed by atoms with Crippen LogP contribution >= 0.6 is 0 Å². The average Bonchev–Trinajstić information content (AvgIpc) is 2.54. The van der Waals surface area contributed by atoms with Gasteiger partial charge < -0.3 is 15.2 Å². The fraction of sp³-hybridized carbons (Fsp3) is 0.278. The topological polar surface area (TPSA) is 58.6 Å². The SMILES string of the molecule is CCOc1cccc(C(=O)NCC(O)Cc2ccccc2)c1. The second kappa shape index (κ2) is 8.20. The number of rotatable bonds is 7. The molecular weight excluding hydrogens is 278 g/mol. The van der Waals surface area contributed by atoms with Crippen LogP contribution in [-0.2, 0) is 6.42 Å². The van der Waals surface area contributed by atoms with Gasteiger partial charge >= 0.3 is 0 Å². The lowest BCUT2D eigenvalue weighted by atomic mass is 10.1. The number of hydrogen-bond donors (Lipinski definition) is 2. The van der Waals surface area contributed by atoms with Gasteiger partial charge in [-0.2, -0.15) is 0 Å². The minimum atomic E-state index is -0.610. The van der Waals surface area contributed by atoms with Crippen molar-refractivity contribution in [1.29, 1.82) is 0 Å². The fourth-order valence-electron chi connectivity index (χ4n) is 2.16. The second-order valence-corrected chi connectivity index (χ2v) is 5.01. The van der Waals surface area contributed by atoms with Crippen LogP contribution in [0.4, 0.5) is 0 Å². The number of carbonyl (C=O) groups excluding carboxylic acids is 1. The molecule has 116 valence electrons. The number of benzene rings is 2. The number of nitrogens with one attached hydrogen (secondary N) is 1. The van der Waals surface area contributed by atoms with E-state index in [0.717, 1.165) is 5.56 Å². The number of ether oxygens (including phenoxy) is 1. The summed E-state index contributed by atoms with van der Waals surface area (Å²) in [7, 11) is 0. The lowest BCUT2D eigenvalue weighted by molar-refractivity contribution is 0.0915. The smallest absolute Gasteiger partial charge is 0.251 e. The van der Waals surface area contributed by atoms with Crippen molar-refractivity contribution < 1.29 is 14.6 Å². The molecule has 1 amide bonds. The van der Waals surface area contributed by atoms with Crippen LogP contribution in [0.5, 0.6) is 5.75 Å². The highest BCUT2D eigenvalue weighted by Gasteiger charge is 2.10. The van der Waals surface area contributed by atoms with E-state index in [2.05, 4.69) is 5.32 Å². The molecule has 0 aliphatic heterocycles. The van der Waals surface area contributed by atoms with Crippen molar-refractivity contribution in [3.05, 3.63) is 65.7 Å². The van der Waals surface area contributed by atoms with Crippen LogP contribution in [-0.4, -0.2) is 30.3 Å². The third kappa shape index (κ3) is 4.90. The minimum Gasteiger partial charge on any atom is -0.494 e. The molecule has 2 N–H and O–H groups in total. The molecule has 0 aromatic heterocycles. The molecule has 0 bridgehead atoms. The first-order valence-corrected chi connectivity index (χ1v) is 7.42. The highest BCUT2D eigenvalue weighted by atomic mass is 16.5. The van der Waals surface area contributed by atoms with Gasteiger partial charge in [0.2, 0.25) is 0 Å². The zero-order valence-corrected chi connectivity index (χ0v) is 12.7. The van der Waals surface area contributed by atoms with Gasteiger partial charge in [-0.25, -0.2) is 0 Å². The Morgan fingerprint density at radius 1 is 1.18 bits per heavy atom. The van der Waals surface area contributed by atoms with Crippen LogP contribution in [0.1, 0.15) is 22.8 Å². The Morgan fingerprint density at radius 2 is 1.95 bits per heavy atom. The largest absolute Gasteiger partial charge is 0.494 e. The predicted molar refractivity (Wildman–Crippen MR) is 86.1 cm³/mol. The molecule has 0 saturated carbocycles. The lowest BCUT2D eigenvalue weighted by Gasteiger charge is -2.12. The minimum absolute atomic E-state index is 0.214. The first-order valence-electron chi connectivity index (χ1n) is 7.42. The zero-order chi connectivity index (χ0) is 15.8. The molecule has 0 spiro atoms. The number of aliphatic hydroxyl groups is 1. The second-order valence-electron chi connectivity index (χ2n) is 5.01. The highest BCUT2D eigenvalue weighted by molar-refractivity contribution is 5.94. The van der Waals surface area contributed by atoms with E-state index in [0.29, 0.717) is 24.3 Å². The third-order valence-corrected chi connectivity index (χ3v) is 3.22. The molecule has 4 heteroatoms. The van der Waals surface area contributed by atoms with Gasteiger partial charge in [0.1, 0.15) is 5.75 Å². The number of aliphatic hydroxyl groups excluding tert-OH is 1. The summed E-state index contributed by atoms with van der Waals surface area (Å²) in [6.45, 7) is 2.67. The Labute approximate surface area is 130 Å². The normalized spacial score (nSPS) is 11.7. The van der Waals surface area contributed by atoms with Crippen molar-refractivity contribution in [1.82, 2.24) is 5.32 Å². The summed E-state index contributed by atoms with van der Waals surface area (Å²) in [5.74, 6) is 0.452. The van der Waals surface area contributed by atoms with E-state index < -0.39 is 6.10 Å². The molecule has 2 aromatic carbocycles. The summed E-state index contributed by atoms with van der Waals surface area (Å²) in [4.78, 5) is 12.1. The van der Waals surface area contributed by atoms with E-state index in [9.17, 15) is 9.90 Å². The number of carbonyl (C=O) groups is 1. The van der Waals surface area contributed by atoms with Crippen molar-refractivity contribution >= 4 is 5.91 Å². The van der Waals surface area contributed by atoms with Crippen molar-refractivity contribution in [3.63, 3.8) is 0 Å². The van der Waals surface area contributed by atoms with E-state index in [1.54, 1.807) is 18.2 Å². The van der Waals surface area contributed by atoms with Crippen LogP contribution in [0.2, 0.25) is 0 Å². The van der Waals surface area contributed by atoms with Crippen LogP contribution in [0.15, 0.2) is 54.6 Å². The Kier molecular flexibility index (Phi) is 5.98. The lowest BCUT2D eigenvalue weighted by Crippen LogP contribution is -2.33. The van der Waals surface area contributed by atoms with Gasteiger partial charge in [0, 0.05) is 18.5 Å². The molecule has 1 atom stereocenters. The zero-order valence-electron chi connectivity index (χ0n) is 12.7. The quantitative estimate of drug-likeness (QED) is 0.825. The summed E-state index contributed by atoms with van der Waals surface area (Å²) < 4.78 is 5.37. The van der Waals surface area contributed by atoms with Crippen LogP contribution < -0.4 is 10.1 Å². The maximum atomic E-state index is 12.1. The van der Waals surface area contributed by atoms with Crippen LogP contribution in [0, 0.1) is 0 Å².